The molecule has 7 heteroatoms. The number of carbonyl (C=O) groups excluding carboxylic acids is 1. The van der Waals surface area contributed by atoms with E-state index in [1.54, 1.807) is 20.1 Å². The summed E-state index contributed by atoms with van der Waals surface area (Å²) in [5, 5.41) is 0. The van der Waals surface area contributed by atoms with Crippen molar-refractivity contribution in [3.63, 3.8) is 0 Å². The van der Waals surface area contributed by atoms with Gasteiger partial charge in [0.15, 0.2) is 0 Å². The van der Waals surface area contributed by atoms with Crippen LogP contribution in [0.3, 0.4) is 0 Å². The summed E-state index contributed by atoms with van der Waals surface area (Å²) in [6.45, 7) is 2.01. The average Bonchev–Trinajstić information content (AvgIpc) is 2.61. The molecular weight excluding hydrogens is 342 g/mol. The van der Waals surface area contributed by atoms with Crippen molar-refractivity contribution < 1.29 is 22.7 Å². The van der Waals surface area contributed by atoms with Crippen LogP contribution in [0, 0.1) is 0 Å². The molecule has 2 aromatic carbocycles. The lowest BCUT2D eigenvalue weighted by atomic mass is 10.2. The molecule has 134 valence electrons. The molecule has 0 bridgehead atoms. The number of hydrogen-bond donors (Lipinski definition) is 1. The molecule has 0 amide bonds. The topological polar surface area (TPSA) is 81.7 Å². The quantitative estimate of drug-likeness (QED) is 0.729. The minimum atomic E-state index is -3.50. The van der Waals surface area contributed by atoms with E-state index in [-0.39, 0.29) is 12.4 Å². The third kappa shape index (κ3) is 5.79. The average molecular weight is 363 g/mol. The molecule has 0 spiro atoms. The van der Waals surface area contributed by atoms with Crippen LogP contribution in [0.4, 0.5) is 5.69 Å². The Morgan fingerprint density at radius 2 is 1.84 bits per heavy atom. The van der Waals surface area contributed by atoms with Gasteiger partial charge in [0.2, 0.25) is 10.0 Å². The van der Waals surface area contributed by atoms with Crippen molar-refractivity contribution in [1.82, 2.24) is 0 Å². The molecule has 0 saturated carbocycles. The van der Waals surface area contributed by atoms with Crippen LogP contribution in [0.1, 0.15) is 22.8 Å². The number of carbonyl (C=O) groups is 1. The number of anilines is 1. The van der Waals surface area contributed by atoms with Gasteiger partial charge in [-0.2, -0.15) is 0 Å². The second-order valence-electron chi connectivity index (χ2n) is 5.32. The van der Waals surface area contributed by atoms with E-state index in [0.29, 0.717) is 23.4 Å². The fourth-order valence-electron chi connectivity index (χ4n) is 2.20. The van der Waals surface area contributed by atoms with Crippen LogP contribution in [0.25, 0.3) is 0 Å². The number of aryl methyl sites for hydroxylation is 1. The summed E-state index contributed by atoms with van der Waals surface area (Å²) in [6.07, 6.45) is 0.368. The SMILES string of the molecule is CCOC(=O)c1ccc(NS(=O)(=O)CCc2cccc(OC)c2)cc1. The second-order valence-corrected chi connectivity index (χ2v) is 7.16. The Bertz CT molecular complexity index is 816. The zero-order valence-electron chi connectivity index (χ0n) is 14.2. The standard InChI is InChI=1S/C18H21NO5S/c1-3-24-18(20)15-7-9-16(10-8-15)19-25(21,22)12-11-14-5-4-6-17(13-14)23-2/h4-10,13,19H,3,11-12H2,1-2H3. The Morgan fingerprint density at radius 3 is 2.48 bits per heavy atom. The largest absolute Gasteiger partial charge is 0.497 e. The fourth-order valence-corrected chi connectivity index (χ4v) is 3.30. The van der Waals surface area contributed by atoms with E-state index >= 15 is 0 Å². The maximum absolute atomic E-state index is 12.2. The molecule has 0 unspecified atom stereocenters. The van der Waals surface area contributed by atoms with E-state index in [9.17, 15) is 13.2 Å². The van der Waals surface area contributed by atoms with Gasteiger partial charge in [0.05, 0.1) is 25.0 Å². The van der Waals surface area contributed by atoms with Crippen molar-refractivity contribution >= 4 is 21.7 Å². The van der Waals surface area contributed by atoms with E-state index in [2.05, 4.69) is 4.72 Å². The highest BCUT2D eigenvalue weighted by atomic mass is 32.2. The van der Waals surface area contributed by atoms with Gasteiger partial charge in [-0.1, -0.05) is 12.1 Å². The first-order chi connectivity index (χ1) is 11.9. The first-order valence-electron chi connectivity index (χ1n) is 7.84. The molecule has 0 aromatic heterocycles. The smallest absolute Gasteiger partial charge is 0.338 e. The Morgan fingerprint density at radius 1 is 1.12 bits per heavy atom. The van der Waals surface area contributed by atoms with Gasteiger partial charge in [-0.05, 0) is 55.3 Å². The van der Waals surface area contributed by atoms with Crippen LogP contribution in [0.15, 0.2) is 48.5 Å². The molecule has 2 aromatic rings. The summed E-state index contributed by atoms with van der Waals surface area (Å²) >= 11 is 0. The second kappa shape index (κ2) is 8.53. The van der Waals surface area contributed by atoms with Crippen molar-refractivity contribution in [2.75, 3.05) is 24.2 Å². The van der Waals surface area contributed by atoms with Gasteiger partial charge in [-0.3, -0.25) is 4.72 Å². The first-order valence-corrected chi connectivity index (χ1v) is 9.49. The summed E-state index contributed by atoms with van der Waals surface area (Å²) in [6, 6.07) is 13.4. The maximum atomic E-state index is 12.2. The van der Waals surface area contributed by atoms with Gasteiger partial charge in [-0.15, -0.1) is 0 Å². The molecule has 0 heterocycles. The molecule has 1 N–H and O–H groups in total. The molecule has 0 aliphatic heterocycles. The number of benzene rings is 2. The molecule has 2 rings (SSSR count). The Balaban J connectivity index is 1.97. The number of hydrogen-bond acceptors (Lipinski definition) is 5. The highest BCUT2D eigenvalue weighted by molar-refractivity contribution is 7.92. The third-order valence-electron chi connectivity index (χ3n) is 3.46. The summed E-state index contributed by atoms with van der Waals surface area (Å²) in [7, 11) is -1.94. The number of ether oxygens (including phenoxy) is 2. The van der Waals surface area contributed by atoms with E-state index < -0.39 is 16.0 Å². The zero-order chi connectivity index (χ0) is 18.3. The number of sulfonamides is 1. The van der Waals surface area contributed by atoms with Gasteiger partial charge in [0, 0.05) is 5.69 Å². The van der Waals surface area contributed by atoms with Crippen LogP contribution in [-0.2, 0) is 21.2 Å². The maximum Gasteiger partial charge on any atom is 0.338 e. The molecule has 0 atom stereocenters. The van der Waals surface area contributed by atoms with Gasteiger partial charge >= 0.3 is 5.97 Å². The van der Waals surface area contributed by atoms with Gasteiger partial charge < -0.3 is 9.47 Å². The van der Waals surface area contributed by atoms with Gasteiger partial charge in [0.25, 0.3) is 0 Å². The summed E-state index contributed by atoms with van der Waals surface area (Å²) < 4.78 is 36.9. The third-order valence-corrected chi connectivity index (χ3v) is 4.75. The summed E-state index contributed by atoms with van der Waals surface area (Å²) in [5.41, 5.74) is 1.65. The highest BCUT2D eigenvalue weighted by Crippen LogP contribution is 2.15. The Hall–Kier alpha value is -2.54. The number of nitrogens with one attached hydrogen (secondary N) is 1. The van der Waals surface area contributed by atoms with Crippen LogP contribution in [0.2, 0.25) is 0 Å². The summed E-state index contributed by atoms with van der Waals surface area (Å²) in [4.78, 5) is 11.6. The lowest BCUT2D eigenvalue weighted by molar-refractivity contribution is 0.0526. The molecule has 0 radical (unpaired) electrons. The lowest BCUT2D eigenvalue weighted by Gasteiger charge is -2.09. The van der Waals surface area contributed by atoms with E-state index in [0.717, 1.165) is 5.56 Å². The number of methoxy groups -OCH3 is 1. The van der Waals surface area contributed by atoms with E-state index in [4.69, 9.17) is 9.47 Å². The van der Waals surface area contributed by atoms with Crippen molar-refractivity contribution in [3.8, 4) is 5.75 Å². The van der Waals surface area contributed by atoms with E-state index in [1.807, 2.05) is 18.2 Å². The molecule has 0 fully saturated rings. The molecule has 6 nitrogen and oxygen atoms in total. The zero-order valence-corrected chi connectivity index (χ0v) is 15.0. The van der Waals surface area contributed by atoms with Crippen LogP contribution >= 0.6 is 0 Å². The summed E-state index contributed by atoms with van der Waals surface area (Å²) in [5.74, 6) is 0.201. The highest BCUT2D eigenvalue weighted by Gasteiger charge is 2.12. The van der Waals surface area contributed by atoms with Gasteiger partial charge in [0.1, 0.15) is 5.75 Å². The van der Waals surface area contributed by atoms with E-state index in [1.165, 1.54) is 24.3 Å². The molecule has 0 saturated heterocycles. The van der Waals surface area contributed by atoms with Gasteiger partial charge in [-0.25, -0.2) is 13.2 Å². The van der Waals surface area contributed by atoms with Crippen molar-refractivity contribution in [1.29, 1.82) is 0 Å². The molecular formula is C18H21NO5S. The van der Waals surface area contributed by atoms with Crippen LogP contribution in [0.5, 0.6) is 5.75 Å². The molecule has 0 aliphatic rings. The lowest BCUT2D eigenvalue weighted by Crippen LogP contribution is -2.18. The Labute approximate surface area is 147 Å². The van der Waals surface area contributed by atoms with Crippen LogP contribution in [-0.4, -0.2) is 33.9 Å². The predicted molar refractivity (Wildman–Crippen MR) is 96.5 cm³/mol. The predicted octanol–water partition coefficient (Wildman–Crippen LogP) is 2.86. The first kappa shape index (κ1) is 18.8. The Kier molecular flexibility index (Phi) is 6.41. The van der Waals surface area contributed by atoms with Crippen LogP contribution < -0.4 is 9.46 Å². The minimum Gasteiger partial charge on any atom is -0.497 e. The van der Waals surface area contributed by atoms with Crippen molar-refractivity contribution in [3.05, 3.63) is 59.7 Å². The van der Waals surface area contributed by atoms with Crippen molar-refractivity contribution in [2.24, 2.45) is 0 Å². The van der Waals surface area contributed by atoms with Crippen molar-refractivity contribution in [2.45, 2.75) is 13.3 Å². The number of rotatable bonds is 8. The molecule has 0 aliphatic carbocycles. The monoisotopic (exact) mass is 363 g/mol. The normalized spacial score (nSPS) is 11.0. The number of esters is 1. The fraction of sp³-hybridized carbons (Fsp3) is 0.278. The minimum absolute atomic E-state index is 0.0558. The molecule has 25 heavy (non-hydrogen) atoms.